The number of hydrogen-bond acceptors (Lipinski definition) is 4. The summed E-state index contributed by atoms with van der Waals surface area (Å²) in [5.74, 6) is -1.04. The van der Waals surface area contributed by atoms with Crippen LogP contribution >= 0.6 is 0 Å². The van der Waals surface area contributed by atoms with E-state index in [1.165, 1.54) is 18.2 Å². The van der Waals surface area contributed by atoms with Crippen molar-refractivity contribution in [3.05, 3.63) is 76.7 Å². The third-order valence-electron chi connectivity index (χ3n) is 4.74. The van der Waals surface area contributed by atoms with Crippen molar-refractivity contribution in [1.82, 2.24) is 15.3 Å². The number of nitrogens with one attached hydrogen (secondary N) is 1. The highest BCUT2D eigenvalue weighted by molar-refractivity contribution is 6.00. The van der Waals surface area contributed by atoms with E-state index in [0.717, 1.165) is 0 Å². The molecule has 0 radical (unpaired) electrons. The van der Waals surface area contributed by atoms with Crippen molar-refractivity contribution in [1.29, 1.82) is 0 Å². The summed E-state index contributed by atoms with van der Waals surface area (Å²) in [5, 5.41) is 2.81. The highest BCUT2D eigenvalue weighted by Crippen LogP contribution is 2.33. The molecule has 28 heavy (non-hydrogen) atoms. The summed E-state index contributed by atoms with van der Waals surface area (Å²) >= 11 is 0. The third kappa shape index (κ3) is 3.09. The van der Waals surface area contributed by atoms with Crippen molar-refractivity contribution in [2.75, 3.05) is 7.11 Å². The summed E-state index contributed by atoms with van der Waals surface area (Å²) in [7, 11) is 1.55. The maximum absolute atomic E-state index is 14.3. The van der Waals surface area contributed by atoms with Crippen LogP contribution in [0.2, 0.25) is 0 Å². The lowest BCUT2D eigenvalue weighted by atomic mass is 9.97. The Bertz CT molecular complexity index is 1050. The number of nitrogens with zero attached hydrogens (tertiary/aromatic N) is 2. The fourth-order valence-corrected chi connectivity index (χ4v) is 3.37. The Kier molecular flexibility index (Phi) is 4.50. The van der Waals surface area contributed by atoms with Gasteiger partial charge in [-0.25, -0.2) is 13.8 Å². The lowest BCUT2D eigenvalue weighted by Gasteiger charge is -2.12. The van der Waals surface area contributed by atoms with Crippen LogP contribution in [0.5, 0.6) is 5.75 Å². The molecule has 1 atom stereocenters. The summed E-state index contributed by atoms with van der Waals surface area (Å²) in [4.78, 5) is 21.2. The molecular weight excluding hydrogens is 364 g/mol. The molecule has 0 spiro atoms. The van der Waals surface area contributed by atoms with Gasteiger partial charge in [0.2, 0.25) is 0 Å². The summed E-state index contributed by atoms with van der Waals surface area (Å²) in [5.41, 5.74) is 2.17. The monoisotopic (exact) mass is 381 g/mol. The number of aromatic nitrogens is 2. The average molecular weight is 381 g/mol. The molecule has 1 amide bonds. The predicted molar refractivity (Wildman–Crippen MR) is 99.1 cm³/mol. The summed E-state index contributed by atoms with van der Waals surface area (Å²) in [6.07, 6.45) is 1.90. The minimum Gasteiger partial charge on any atom is -0.495 e. The van der Waals surface area contributed by atoms with Crippen LogP contribution in [0.3, 0.4) is 0 Å². The largest absolute Gasteiger partial charge is 0.495 e. The van der Waals surface area contributed by atoms with Gasteiger partial charge in [-0.2, -0.15) is 0 Å². The topological polar surface area (TPSA) is 64.1 Å². The van der Waals surface area contributed by atoms with Crippen LogP contribution < -0.4 is 10.1 Å². The fourth-order valence-electron chi connectivity index (χ4n) is 3.37. The lowest BCUT2D eigenvalue weighted by molar-refractivity contribution is 0.0958. The van der Waals surface area contributed by atoms with E-state index < -0.39 is 11.6 Å². The SMILES string of the molecule is COc1ccc(Cc2cc(-c3c(F)cccc3F)nc3c2C(=O)NC3C)nc1. The van der Waals surface area contributed by atoms with Crippen molar-refractivity contribution < 1.29 is 18.3 Å². The van der Waals surface area contributed by atoms with Crippen LogP contribution in [0.1, 0.15) is 40.3 Å². The molecule has 2 aromatic heterocycles. The smallest absolute Gasteiger partial charge is 0.254 e. The molecule has 1 aromatic carbocycles. The van der Waals surface area contributed by atoms with Crippen molar-refractivity contribution >= 4 is 5.91 Å². The van der Waals surface area contributed by atoms with Gasteiger partial charge >= 0.3 is 0 Å². The Morgan fingerprint density at radius 1 is 1.14 bits per heavy atom. The first-order chi connectivity index (χ1) is 13.5. The summed E-state index contributed by atoms with van der Waals surface area (Å²) < 4.78 is 33.7. The van der Waals surface area contributed by atoms with E-state index in [-0.39, 0.29) is 23.2 Å². The quantitative estimate of drug-likeness (QED) is 0.746. The number of rotatable bonds is 4. The Hall–Kier alpha value is -3.35. The lowest BCUT2D eigenvalue weighted by Crippen LogP contribution is -2.17. The number of carbonyl (C=O) groups excluding carboxylic acids is 1. The molecule has 3 heterocycles. The van der Waals surface area contributed by atoms with Gasteiger partial charge in [0.1, 0.15) is 17.4 Å². The number of benzene rings is 1. The summed E-state index contributed by atoms with van der Waals surface area (Å²) in [6.45, 7) is 1.79. The average Bonchev–Trinajstić information content (AvgIpc) is 2.96. The minimum atomic E-state index is -0.703. The molecule has 142 valence electrons. The van der Waals surface area contributed by atoms with E-state index in [2.05, 4.69) is 15.3 Å². The second kappa shape index (κ2) is 6.99. The van der Waals surface area contributed by atoms with Gasteiger partial charge in [-0.3, -0.25) is 9.78 Å². The molecule has 3 aromatic rings. The second-order valence-corrected chi connectivity index (χ2v) is 6.58. The van der Waals surface area contributed by atoms with Gasteiger partial charge in [0, 0.05) is 12.1 Å². The minimum absolute atomic E-state index is 0.154. The molecule has 1 N–H and O–H groups in total. The first-order valence-electron chi connectivity index (χ1n) is 8.76. The molecule has 7 heteroatoms. The zero-order valence-electron chi connectivity index (χ0n) is 15.3. The molecule has 4 rings (SSSR count). The zero-order valence-corrected chi connectivity index (χ0v) is 15.3. The highest BCUT2D eigenvalue weighted by Gasteiger charge is 2.31. The molecule has 1 aliphatic heterocycles. The number of hydrogen-bond donors (Lipinski definition) is 1. The Morgan fingerprint density at radius 2 is 1.89 bits per heavy atom. The molecular formula is C21H17F2N3O2. The van der Waals surface area contributed by atoms with Crippen LogP contribution in [-0.2, 0) is 6.42 Å². The van der Waals surface area contributed by atoms with Crippen LogP contribution in [0.4, 0.5) is 8.78 Å². The summed E-state index contributed by atoms with van der Waals surface area (Å²) in [6, 6.07) is 8.44. The van der Waals surface area contributed by atoms with Crippen molar-refractivity contribution in [3.8, 4) is 17.0 Å². The first-order valence-corrected chi connectivity index (χ1v) is 8.76. The van der Waals surface area contributed by atoms with Crippen LogP contribution in [0, 0.1) is 11.6 Å². The molecule has 0 saturated heterocycles. The van der Waals surface area contributed by atoms with E-state index in [1.807, 2.05) is 0 Å². The van der Waals surface area contributed by atoms with Crippen molar-refractivity contribution in [2.24, 2.45) is 0 Å². The number of ether oxygens (including phenoxy) is 1. The fraction of sp³-hybridized carbons (Fsp3) is 0.190. The number of carbonyl (C=O) groups is 1. The predicted octanol–water partition coefficient (Wildman–Crippen LogP) is 3.83. The molecule has 0 saturated carbocycles. The number of methoxy groups -OCH3 is 1. The number of halogens is 2. The standard InChI is InChI=1S/C21H17F2N3O2/c1-11-20-18(21(27)25-11)12(8-13-6-7-14(28-2)10-24-13)9-17(26-20)19-15(22)4-3-5-16(19)23/h3-7,9-11H,8H2,1-2H3,(H,25,27). The second-order valence-electron chi connectivity index (χ2n) is 6.58. The normalized spacial score (nSPS) is 15.3. The zero-order chi connectivity index (χ0) is 19.8. The van der Waals surface area contributed by atoms with E-state index >= 15 is 0 Å². The highest BCUT2D eigenvalue weighted by atomic mass is 19.1. The molecule has 1 aliphatic rings. The first kappa shape index (κ1) is 18.0. The molecule has 0 fully saturated rings. The Morgan fingerprint density at radius 3 is 2.54 bits per heavy atom. The number of amides is 1. The van der Waals surface area contributed by atoms with Crippen molar-refractivity contribution in [3.63, 3.8) is 0 Å². The molecule has 0 aliphatic carbocycles. The van der Waals surface area contributed by atoms with Gasteiger partial charge in [0.25, 0.3) is 5.91 Å². The van der Waals surface area contributed by atoms with Crippen molar-refractivity contribution in [2.45, 2.75) is 19.4 Å². The van der Waals surface area contributed by atoms with Gasteiger partial charge < -0.3 is 10.1 Å². The third-order valence-corrected chi connectivity index (χ3v) is 4.74. The molecule has 5 nitrogen and oxygen atoms in total. The van der Waals surface area contributed by atoms with Gasteiger partial charge in [0.05, 0.1) is 41.9 Å². The van der Waals surface area contributed by atoms with E-state index in [0.29, 0.717) is 34.7 Å². The van der Waals surface area contributed by atoms with Crippen LogP contribution in [0.15, 0.2) is 42.6 Å². The van der Waals surface area contributed by atoms with Crippen LogP contribution in [-0.4, -0.2) is 23.0 Å². The Labute approximate surface area is 160 Å². The van der Waals surface area contributed by atoms with Gasteiger partial charge in [0.15, 0.2) is 0 Å². The van der Waals surface area contributed by atoms with E-state index in [1.54, 1.807) is 38.4 Å². The van der Waals surface area contributed by atoms with Gasteiger partial charge in [-0.05, 0) is 42.8 Å². The maximum atomic E-state index is 14.3. The number of fused-ring (bicyclic) bond motifs is 1. The van der Waals surface area contributed by atoms with Gasteiger partial charge in [-0.1, -0.05) is 6.07 Å². The van der Waals surface area contributed by atoms with E-state index in [9.17, 15) is 13.6 Å². The molecule has 0 bridgehead atoms. The number of pyridine rings is 2. The molecule has 1 unspecified atom stereocenters. The van der Waals surface area contributed by atoms with Gasteiger partial charge in [-0.15, -0.1) is 0 Å². The maximum Gasteiger partial charge on any atom is 0.254 e. The Balaban J connectivity index is 1.86. The van der Waals surface area contributed by atoms with Crippen LogP contribution in [0.25, 0.3) is 11.3 Å². The van der Waals surface area contributed by atoms with E-state index in [4.69, 9.17) is 4.74 Å².